The Hall–Kier alpha value is -1.16. The van der Waals surface area contributed by atoms with Gasteiger partial charge >= 0.3 is 0 Å². The van der Waals surface area contributed by atoms with Gasteiger partial charge in [0, 0.05) is 21.7 Å². The minimum Gasteiger partial charge on any atom is -0.321 e. The van der Waals surface area contributed by atoms with Crippen LogP contribution < -0.4 is 5.73 Å². The fraction of sp³-hybridized carbons (Fsp3) is 0.200. The van der Waals surface area contributed by atoms with E-state index in [9.17, 15) is 8.78 Å². The topological polar surface area (TPSA) is 26.0 Å². The lowest BCUT2D eigenvalue weighted by molar-refractivity contribution is 0.478. The van der Waals surface area contributed by atoms with Crippen LogP contribution in [-0.4, -0.2) is 0 Å². The minimum atomic E-state index is -0.989. The number of benzene rings is 2. The Kier molecular flexibility index (Phi) is 4.33. The fourth-order valence-electron chi connectivity index (χ4n) is 2.05. The van der Waals surface area contributed by atoms with Crippen molar-refractivity contribution in [3.8, 4) is 0 Å². The van der Waals surface area contributed by atoms with Gasteiger partial charge in [-0.15, -0.1) is 0 Å². The number of rotatable bonds is 3. The van der Waals surface area contributed by atoms with E-state index in [1.807, 2.05) is 0 Å². The van der Waals surface area contributed by atoms with E-state index in [1.165, 1.54) is 12.1 Å². The maximum Gasteiger partial charge on any atom is 0.126 e. The van der Waals surface area contributed by atoms with Gasteiger partial charge in [-0.2, -0.15) is 0 Å². The van der Waals surface area contributed by atoms with Crippen molar-refractivity contribution in [3.05, 3.63) is 69.2 Å². The molecule has 0 aliphatic heterocycles. The smallest absolute Gasteiger partial charge is 0.126 e. The van der Waals surface area contributed by atoms with Crippen molar-refractivity contribution >= 4 is 23.2 Å². The van der Waals surface area contributed by atoms with Crippen molar-refractivity contribution in [1.82, 2.24) is 0 Å². The second kappa shape index (κ2) is 5.68. The van der Waals surface area contributed by atoms with E-state index in [4.69, 9.17) is 28.9 Å². The summed E-state index contributed by atoms with van der Waals surface area (Å²) in [6.45, 7) is 1.68. The van der Waals surface area contributed by atoms with E-state index in [0.29, 0.717) is 21.2 Å². The van der Waals surface area contributed by atoms with E-state index in [0.717, 1.165) is 6.07 Å². The monoisotopic (exact) mass is 315 g/mol. The van der Waals surface area contributed by atoms with Gasteiger partial charge in [0.2, 0.25) is 0 Å². The maximum absolute atomic E-state index is 13.3. The summed E-state index contributed by atoms with van der Waals surface area (Å²) >= 11 is 12.2. The van der Waals surface area contributed by atoms with Crippen molar-refractivity contribution in [2.24, 2.45) is 5.73 Å². The van der Waals surface area contributed by atoms with Gasteiger partial charge in [-0.05, 0) is 48.7 Å². The summed E-state index contributed by atoms with van der Waals surface area (Å²) in [5, 5.41) is 0.956. The Balaban J connectivity index is 2.40. The molecule has 1 unspecified atom stereocenters. The predicted octanol–water partition coefficient (Wildman–Crippen LogP) is 4.69. The molecule has 0 aliphatic carbocycles. The molecule has 2 aromatic rings. The molecule has 5 heteroatoms. The molecule has 2 N–H and O–H groups in total. The van der Waals surface area contributed by atoms with Crippen molar-refractivity contribution in [2.75, 3.05) is 0 Å². The number of halogens is 4. The first-order valence-electron chi connectivity index (χ1n) is 5.98. The zero-order valence-electron chi connectivity index (χ0n) is 10.8. The van der Waals surface area contributed by atoms with Crippen molar-refractivity contribution in [3.63, 3.8) is 0 Å². The zero-order valence-corrected chi connectivity index (χ0v) is 12.3. The molecule has 2 rings (SSSR count). The van der Waals surface area contributed by atoms with Gasteiger partial charge in [0.05, 0.1) is 0 Å². The molecule has 0 saturated heterocycles. The largest absolute Gasteiger partial charge is 0.321 e. The summed E-state index contributed by atoms with van der Waals surface area (Å²) in [4.78, 5) is 0. The van der Waals surface area contributed by atoms with Crippen molar-refractivity contribution < 1.29 is 8.78 Å². The van der Waals surface area contributed by atoms with Gasteiger partial charge in [0.15, 0.2) is 0 Å². The van der Waals surface area contributed by atoms with Crippen LogP contribution >= 0.6 is 23.2 Å². The Morgan fingerprint density at radius 2 is 1.55 bits per heavy atom. The molecule has 0 radical (unpaired) electrons. The average Bonchev–Trinajstić information content (AvgIpc) is 2.33. The average molecular weight is 316 g/mol. The molecular formula is C15H13Cl2F2N. The van der Waals surface area contributed by atoms with E-state index >= 15 is 0 Å². The van der Waals surface area contributed by atoms with Gasteiger partial charge in [0.25, 0.3) is 0 Å². The molecular weight excluding hydrogens is 303 g/mol. The zero-order chi connectivity index (χ0) is 14.9. The number of nitrogens with two attached hydrogens (primary N) is 1. The first kappa shape index (κ1) is 15.2. The normalized spacial score (nSPS) is 14.1. The molecule has 0 bridgehead atoms. The first-order valence-corrected chi connectivity index (χ1v) is 6.73. The van der Waals surface area contributed by atoms with Crippen LogP contribution in [0.15, 0.2) is 36.4 Å². The van der Waals surface area contributed by atoms with Gasteiger partial charge in [-0.3, -0.25) is 0 Å². The second-order valence-electron chi connectivity index (χ2n) is 4.95. The third kappa shape index (κ3) is 3.29. The number of hydrogen-bond acceptors (Lipinski definition) is 1. The lowest BCUT2D eigenvalue weighted by Gasteiger charge is -2.26. The summed E-state index contributed by atoms with van der Waals surface area (Å²) in [7, 11) is 0. The van der Waals surface area contributed by atoms with Crippen LogP contribution in [0.2, 0.25) is 10.0 Å². The SMILES string of the molecule is CC(N)(Cc1c(Cl)cccc1Cl)c1cc(F)cc(F)c1. The Labute approximate surface area is 126 Å². The highest BCUT2D eigenvalue weighted by atomic mass is 35.5. The van der Waals surface area contributed by atoms with Gasteiger partial charge < -0.3 is 5.73 Å². The molecule has 0 fully saturated rings. The Morgan fingerprint density at radius 3 is 2.05 bits per heavy atom. The molecule has 0 heterocycles. The fourth-order valence-corrected chi connectivity index (χ4v) is 2.59. The highest BCUT2D eigenvalue weighted by molar-refractivity contribution is 6.36. The molecule has 1 atom stereocenters. The molecule has 0 spiro atoms. The molecule has 106 valence electrons. The number of hydrogen-bond donors (Lipinski definition) is 1. The van der Waals surface area contributed by atoms with Crippen LogP contribution in [-0.2, 0) is 12.0 Å². The van der Waals surface area contributed by atoms with Gasteiger partial charge in [-0.1, -0.05) is 29.3 Å². The van der Waals surface area contributed by atoms with E-state index in [2.05, 4.69) is 0 Å². The van der Waals surface area contributed by atoms with Crippen LogP contribution in [0.25, 0.3) is 0 Å². The standard InChI is InChI=1S/C15H13Cl2F2N/c1-15(20,9-5-10(18)7-11(19)6-9)8-12-13(16)3-2-4-14(12)17/h2-7H,8,20H2,1H3. The summed E-state index contributed by atoms with van der Waals surface area (Å²) in [6, 6.07) is 8.36. The third-order valence-corrected chi connectivity index (χ3v) is 3.84. The summed E-state index contributed by atoms with van der Waals surface area (Å²) in [5.41, 5.74) is 6.22. The van der Waals surface area contributed by atoms with E-state index in [1.54, 1.807) is 25.1 Å². The first-order chi connectivity index (χ1) is 9.29. The summed E-state index contributed by atoms with van der Waals surface area (Å²) < 4.78 is 26.6. The van der Waals surface area contributed by atoms with Crippen molar-refractivity contribution in [2.45, 2.75) is 18.9 Å². The highest BCUT2D eigenvalue weighted by Crippen LogP contribution is 2.31. The molecule has 0 amide bonds. The second-order valence-corrected chi connectivity index (χ2v) is 5.77. The minimum absolute atomic E-state index is 0.272. The van der Waals surface area contributed by atoms with Crippen LogP contribution in [0, 0.1) is 11.6 Å². The lowest BCUT2D eigenvalue weighted by atomic mass is 9.86. The third-order valence-electron chi connectivity index (χ3n) is 3.13. The van der Waals surface area contributed by atoms with Crippen LogP contribution in [0.4, 0.5) is 8.78 Å². The maximum atomic E-state index is 13.3. The molecule has 0 saturated carbocycles. The van der Waals surface area contributed by atoms with Crippen molar-refractivity contribution in [1.29, 1.82) is 0 Å². The quantitative estimate of drug-likeness (QED) is 0.873. The Morgan fingerprint density at radius 1 is 1.05 bits per heavy atom. The van der Waals surface area contributed by atoms with Crippen LogP contribution in [0.5, 0.6) is 0 Å². The molecule has 20 heavy (non-hydrogen) atoms. The predicted molar refractivity (Wildman–Crippen MR) is 78.1 cm³/mol. The van der Waals surface area contributed by atoms with Crippen LogP contribution in [0.3, 0.4) is 0 Å². The summed E-state index contributed by atoms with van der Waals surface area (Å²) in [6.07, 6.45) is 0.272. The van der Waals surface area contributed by atoms with Gasteiger partial charge in [0.1, 0.15) is 11.6 Å². The molecule has 2 aromatic carbocycles. The van der Waals surface area contributed by atoms with Gasteiger partial charge in [-0.25, -0.2) is 8.78 Å². The Bertz CT molecular complexity index is 601. The van der Waals surface area contributed by atoms with E-state index < -0.39 is 17.2 Å². The lowest BCUT2D eigenvalue weighted by Crippen LogP contribution is -2.36. The molecule has 1 nitrogen and oxygen atoms in total. The molecule has 0 aliphatic rings. The van der Waals surface area contributed by atoms with E-state index in [-0.39, 0.29) is 6.42 Å². The molecule has 0 aromatic heterocycles. The van der Waals surface area contributed by atoms with Crippen LogP contribution in [0.1, 0.15) is 18.1 Å². The summed E-state index contributed by atoms with van der Waals surface area (Å²) in [5.74, 6) is -1.33. The highest BCUT2D eigenvalue weighted by Gasteiger charge is 2.25.